The van der Waals surface area contributed by atoms with Gasteiger partial charge in [-0.15, -0.1) is 5.10 Å². The highest BCUT2D eigenvalue weighted by atomic mass is 16.2. The van der Waals surface area contributed by atoms with Crippen LogP contribution < -0.4 is 11.0 Å². The number of H-pyrrole nitrogens is 1. The lowest BCUT2D eigenvalue weighted by molar-refractivity contribution is 0.276. The quantitative estimate of drug-likeness (QED) is 0.862. The van der Waals surface area contributed by atoms with Gasteiger partial charge >= 0.3 is 5.69 Å². The van der Waals surface area contributed by atoms with Crippen molar-refractivity contribution in [1.29, 1.82) is 0 Å². The van der Waals surface area contributed by atoms with Crippen molar-refractivity contribution in [2.45, 2.75) is 39.2 Å². The SMILES string of the molecule is CC1CCC(Nc2ccc3n[nH]c(=O)n3n2)C(C)C1. The summed E-state index contributed by atoms with van der Waals surface area (Å²) in [6, 6.07) is 4.10. The monoisotopic (exact) mass is 261 g/mol. The zero-order valence-electron chi connectivity index (χ0n) is 11.3. The zero-order valence-corrected chi connectivity index (χ0v) is 11.3. The van der Waals surface area contributed by atoms with Crippen LogP contribution in [0.3, 0.4) is 0 Å². The van der Waals surface area contributed by atoms with E-state index in [1.165, 1.54) is 17.4 Å². The summed E-state index contributed by atoms with van der Waals surface area (Å²) < 4.78 is 1.29. The third-order valence-electron chi connectivity index (χ3n) is 4.04. The van der Waals surface area contributed by atoms with Crippen molar-refractivity contribution in [1.82, 2.24) is 19.8 Å². The van der Waals surface area contributed by atoms with E-state index in [9.17, 15) is 4.79 Å². The van der Waals surface area contributed by atoms with Crippen LogP contribution in [0.5, 0.6) is 0 Å². The molecule has 3 rings (SSSR count). The molecule has 0 bridgehead atoms. The molecule has 6 nitrogen and oxygen atoms in total. The summed E-state index contributed by atoms with van der Waals surface area (Å²) in [6.45, 7) is 4.58. The molecule has 0 aliphatic heterocycles. The average molecular weight is 261 g/mol. The highest BCUT2D eigenvalue weighted by Gasteiger charge is 2.25. The molecule has 2 heterocycles. The normalized spacial score (nSPS) is 27.6. The second-order valence-electron chi connectivity index (χ2n) is 5.66. The van der Waals surface area contributed by atoms with E-state index < -0.39 is 0 Å². The Balaban J connectivity index is 1.81. The van der Waals surface area contributed by atoms with E-state index in [-0.39, 0.29) is 5.69 Å². The molecule has 0 aromatic carbocycles. The minimum atomic E-state index is -0.302. The van der Waals surface area contributed by atoms with Crippen LogP contribution in [0, 0.1) is 11.8 Å². The first-order chi connectivity index (χ1) is 9.13. The van der Waals surface area contributed by atoms with E-state index in [0.29, 0.717) is 17.6 Å². The minimum absolute atomic E-state index is 0.302. The molecule has 19 heavy (non-hydrogen) atoms. The smallest absolute Gasteiger partial charge is 0.364 e. The van der Waals surface area contributed by atoms with Crippen molar-refractivity contribution in [2.75, 3.05) is 5.32 Å². The first-order valence-electron chi connectivity index (χ1n) is 6.84. The third kappa shape index (κ3) is 2.34. The van der Waals surface area contributed by atoms with Gasteiger partial charge in [0.15, 0.2) is 5.65 Å². The fourth-order valence-corrected chi connectivity index (χ4v) is 2.95. The van der Waals surface area contributed by atoms with Gasteiger partial charge in [0.05, 0.1) is 0 Å². The summed E-state index contributed by atoms with van der Waals surface area (Å²) in [4.78, 5) is 11.5. The van der Waals surface area contributed by atoms with Crippen LogP contribution in [-0.4, -0.2) is 25.9 Å². The van der Waals surface area contributed by atoms with Crippen LogP contribution in [0.2, 0.25) is 0 Å². The molecule has 2 N–H and O–H groups in total. The van der Waals surface area contributed by atoms with Crippen LogP contribution in [0.1, 0.15) is 33.1 Å². The van der Waals surface area contributed by atoms with Crippen molar-refractivity contribution in [3.63, 3.8) is 0 Å². The molecule has 0 saturated heterocycles. The zero-order chi connectivity index (χ0) is 13.4. The van der Waals surface area contributed by atoms with Crippen LogP contribution in [-0.2, 0) is 0 Å². The van der Waals surface area contributed by atoms with E-state index >= 15 is 0 Å². The lowest BCUT2D eigenvalue weighted by Gasteiger charge is -2.33. The lowest BCUT2D eigenvalue weighted by Crippen LogP contribution is -2.33. The maximum atomic E-state index is 11.5. The first kappa shape index (κ1) is 12.2. The van der Waals surface area contributed by atoms with Crippen molar-refractivity contribution in [3.8, 4) is 0 Å². The van der Waals surface area contributed by atoms with E-state index in [1.54, 1.807) is 6.07 Å². The molecule has 2 aromatic heterocycles. The van der Waals surface area contributed by atoms with Crippen molar-refractivity contribution in [3.05, 3.63) is 22.6 Å². The van der Waals surface area contributed by atoms with E-state index in [0.717, 1.165) is 18.2 Å². The largest absolute Gasteiger partial charge is 0.366 e. The topological polar surface area (TPSA) is 75.1 Å². The Morgan fingerprint density at radius 1 is 1.37 bits per heavy atom. The molecular formula is C13H19N5O. The summed E-state index contributed by atoms with van der Waals surface area (Å²) in [7, 11) is 0. The van der Waals surface area contributed by atoms with Crippen LogP contribution in [0.4, 0.5) is 5.82 Å². The van der Waals surface area contributed by atoms with E-state index in [4.69, 9.17) is 0 Å². The maximum Gasteiger partial charge on any atom is 0.364 e. The Bertz CT molecular complexity index is 631. The minimum Gasteiger partial charge on any atom is -0.366 e. The number of aromatic nitrogens is 4. The second-order valence-corrected chi connectivity index (χ2v) is 5.66. The Kier molecular flexibility index (Phi) is 3.00. The van der Waals surface area contributed by atoms with Gasteiger partial charge < -0.3 is 5.32 Å². The van der Waals surface area contributed by atoms with Gasteiger partial charge in [0.25, 0.3) is 0 Å². The lowest BCUT2D eigenvalue weighted by atomic mass is 9.80. The number of hydrogen-bond donors (Lipinski definition) is 2. The van der Waals surface area contributed by atoms with Crippen molar-refractivity contribution < 1.29 is 0 Å². The standard InChI is InChI=1S/C13H19N5O/c1-8-3-4-10(9(2)7-8)14-11-5-6-12-15-16-13(19)18(12)17-11/h5-6,8-10H,3-4,7H2,1-2H3,(H,14,17)(H,16,19). The summed E-state index contributed by atoms with van der Waals surface area (Å²) in [6.07, 6.45) is 3.64. The van der Waals surface area contributed by atoms with Crippen molar-refractivity contribution >= 4 is 11.5 Å². The van der Waals surface area contributed by atoms with Crippen LogP contribution in [0.15, 0.2) is 16.9 Å². The molecule has 2 aromatic rings. The molecule has 6 heteroatoms. The predicted molar refractivity (Wildman–Crippen MR) is 73.2 cm³/mol. The van der Waals surface area contributed by atoms with Crippen molar-refractivity contribution in [2.24, 2.45) is 11.8 Å². The Morgan fingerprint density at radius 2 is 2.21 bits per heavy atom. The van der Waals surface area contributed by atoms with Gasteiger partial charge in [-0.2, -0.15) is 9.61 Å². The molecule has 1 saturated carbocycles. The molecule has 0 amide bonds. The Labute approximate surface area is 111 Å². The molecule has 0 radical (unpaired) electrons. The number of fused-ring (bicyclic) bond motifs is 1. The number of rotatable bonds is 2. The maximum absolute atomic E-state index is 11.5. The summed E-state index contributed by atoms with van der Waals surface area (Å²) in [5.41, 5.74) is 0.241. The summed E-state index contributed by atoms with van der Waals surface area (Å²) in [5, 5.41) is 14.0. The first-order valence-corrected chi connectivity index (χ1v) is 6.84. The fraction of sp³-hybridized carbons (Fsp3) is 0.615. The number of aromatic amines is 1. The molecule has 3 unspecified atom stereocenters. The van der Waals surface area contributed by atoms with Gasteiger partial charge in [0, 0.05) is 6.04 Å². The van der Waals surface area contributed by atoms with E-state index in [1.807, 2.05) is 6.07 Å². The number of nitrogens with zero attached hydrogens (tertiary/aromatic N) is 3. The van der Waals surface area contributed by atoms with Crippen LogP contribution >= 0.6 is 0 Å². The highest BCUT2D eigenvalue weighted by Crippen LogP contribution is 2.30. The number of hydrogen-bond acceptors (Lipinski definition) is 4. The Hall–Kier alpha value is -1.85. The van der Waals surface area contributed by atoms with Gasteiger partial charge in [-0.05, 0) is 43.2 Å². The molecule has 102 valence electrons. The third-order valence-corrected chi connectivity index (χ3v) is 4.04. The van der Waals surface area contributed by atoms with Gasteiger partial charge in [-0.3, -0.25) is 0 Å². The van der Waals surface area contributed by atoms with Crippen LogP contribution in [0.25, 0.3) is 5.65 Å². The molecule has 3 atom stereocenters. The molecular weight excluding hydrogens is 242 g/mol. The number of nitrogens with one attached hydrogen (secondary N) is 2. The predicted octanol–water partition coefficient (Wildman–Crippen LogP) is 1.65. The van der Waals surface area contributed by atoms with E-state index in [2.05, 4.69) is 34.5 Å². The average Bonchev–Trinajstić information content (AvgIpc) is 2.75. The molecule has 1 aliphatic carbocycles. The van der Waals surface area contributed by atoms with Gasteiger partial charge in [-0.1, -0.05) is 13.8 Å². The molecule has 1 fully saturated rings. The number of anilines is 1. The fourth-order valence-electron chi connectivity index (χ4n) is 2.95. The highest BCUT2D eigenvalue weighted by molar-refractivity contribution is 5.43. The summed E-state index contributed by atoms with van der Waals surface area (Å²) in [5.74, 6) is 2.17. The Morgan fingerprint density at radius 3 is 3.00 bits per heavy atom. The summed E-state index contributed by atoms with van der Waals surface area (Å²) >= 11 is 0. The van der Waals surface area contributed by atoms with Gasteiger partial charge in [0.2, 0.25) is 0 Å². The molecule has 0 spiro atoms. The van der Waals surface area contributed by atoms with Gasteiger partial charge in [-0.25, -0.2) is 9.89 Å². The molecule has 1 aliphatic rings. The van der Waals surface area contributed by atoms with Gasteiger partial charge in [0.1, 0.15) is 5.82 Å². The second kappa shape index (κ2) is 4.68.